The van der Waals surface area contributed by atoms with Crippen LogP contribution in [0.2, 0.25) is 0 Å². The molecule has 2 heterocycles. The first kappa shape index (κ1) is 14.3. The van der Waals surface area contributed by atoms with Crippen LogP contribution < -0.4 is 4.74 Å². The second-order valence-electron chi connectivity index (χ2n) is 4.48. The summed E-state index contributed by atoms with van der Waals surface area (Å²) in [6.07, 6.45) is -1.36. The molecule has 1 atom stereocenters. The van der Waals surface area contributed by atoms with Crippen molar-refractivity contribution in [3.05, 3.63) is 39.2 Å². The van der Waals surface area contributed by atoms with Crippen LogP contribution >= 0.6 is 22.6 Å². The van der Waals surface area contributed by atoms with Crippen LogP contribution in [0.1, 0.15) is 29.3 Å². The Morgan fingerprint density at radius 3 is 3.14 bits per heavy atom. The predicted octanol–water partition coefficient (Wildman–Crippen LogP) is 3.06. The van der Waals surface area contributed by atoms with Crippen LogP contribution in [-0.4, -0.2) is 29.0 Å². The van der Waals surface area contributed by atoms with E-state index in [-0.39, 0.29) is 18.9 Å². The highest BCUT2D eigenvalue weighted by Crippen LogP contribution is 2.33. The zero-order valence-electron chi connectivity index (χ0n) is 11.2. The smallest absolute Gasteiger partial charge is 0.358 e. The number of carbonyl (C=O) groups is 1. The molecule has 0 saturated heterocycles. The van der Waals surface area contributed by atoms with Crippen molar-refractivity contribution in [2.45, 2.75) is 13.1 Å². The first-order valence-electron chi connectivity index (χ1n) is 6.44. The standard InChI is InChI=1S/C14H12FIN2O3/c1-2-20-14(19)10-6-11-9(15)7-21-13-4-3-8(16)5-12(13)18(11)17-10/h3-6,9H,2,7H2,1H3. The van der Waals surface area contributed by atoms with Crippen molar-refractivity contribution in [2.75, 3.05) is 13.2 Å². The number of alkyl halides is 1. The Labute approximate surface area is 134 Å². The van der Waals surface area contributed by atoms with Crippen molar-refractivity contribution in [2.24, 2.45) is 0 Å². The van der Waals surface area contributed by atoms with E-state index in [9.17, 15) is 9.18 Å². The van der Waals surface area contributed by atoms with E-state index in [1.807, 2.05) is 12.1 Å². The summed E-state index contributed by atoms with van der Waals surface area (Å²) >= 11 is 2.15. The van der Waals surface area contributed by atoms with Crippen LogP contribution in [-0.2, 0) is 4.74 Å². The molecule has 0 radical (unpaired) electrons. The van der Waals surface area contributed by atoms with Gasteiger partial charge in [0, 0.05) is 3.57 Å². The maximum absolute atomic E-state index is 14.2. The summed E-state index contributed by atoms with van der Waals surface area (Å²) in [5, 5.41) is 4.18. The second-order valence-corrected chi connectivity index (χ2v) is 5.72. The summed E-state index contributed by atoms with van der Waals surface area (Å²) in [5.41, 5.74) is 1.01. The summed E-state index contributed by atoms with van der Waals surface area (Å²) in [6.45, 7) is 1.85. The van der Waals surface area contributed by atoms with Crippen molar-refractivity contribution < 1.29 is 18.7 Å². The topological polar surface area (TPSA) is 53.4 Å². The molecule has 3 rings (SSSR count). The number of hydrogen-bond acceptors (Lipinski definition) is 4. The first-order valence-corrected chi connectivity index (χ1v) is 7.52. The molecule has 2 aromatic rings. The molecule has 5 nitrogen and oxygen atoms in total. The largest absolute Gasteiger partial charge is 0.488 e. The fraction of sp³-hybridized carbons (Fsp3) is 0.286. The number of ether oxygens (including phenoxy) is 2. The van der Waals surface area contributed by atoms with Gasteiger partial charge in [0.25, 0.3) is 0 Å². The highest BCUT2D eigenvalue weighted by atomic mass is 127. The Hall–Kier alpha value is -1.64. The van der Waals surface area contributed by atoms with Crippen LogP contribution in [0.15, 0.2) is 24.3 Å². The Bertz CT molecular complexity index is 702. The molecule has 0 N–H and O–H groups in total. The number of nitrogens with zero attached hydrogens (tertiary/aromatic N) is 2. The SMILES string of the molecule is CCOC(=O)c1cc2n(n1)-c1cc(I)ccc1OCC2F. The average Bonchev–Trinajstić information content (AvgIpc) is 2.86. The molecule has 7 heteroatoms. The molecule has 0 spiro atoms. The van der Waals surface area contributed by atoms with E-state index in [1.54, 1.807) is 13.0 Å². The van der Waals surface area contributed by atoms with E-state index < -0.39 is 12.1 Å². The van der Waals surface area contributed by atoms with Gasteiger partial charge in [0.2, 0.25) is 0 Å². The molecule has 0 fully saturated rings. The number of carbonyl (C=O) groups excluding carboxylic acids is 1. The van der Waals surface area contributed by atoms with Crippen LogP contribution in [0.5, 0.6) is 5.75 Å². The fourth-order valence-electron chi connectivity index (χ4n) is 2.14. The third-order valence-electron chi connectivity index (χ3n) is 3.08. The van der Waals surface area contributed by atoms with Crippen LogP contribution in [0.3, 0.4) is 0 Å². The van der Waals surface area contributed by atoms with E-state index >= 15 is 0 Å². The minimum atomic E-state index is -1.36. The predicted molar refractivity (Wildman–Crippen MR) is 81.6 cm³/mol. The van der Waals surface area contributed by atoms with Gasteiger partial charge in [0.1, 0.15) is 18.0 Å². The number of fused-ring (bicyclic) bond motifs is 3. The molecule has 21 heavy (non-hydrogen) atoms. The molecule has 0 aliphatic carbocycles. The van der Waals surface area contributed by atoms with Gasteiger partial charge in [-0.25, -0.2) is 13.9 Å². The molecule has 0 bridgehead atoms. The third-order valence-corrected chi connectivity index (χ3v) is 3.75. The van der Waals surface area contributed by atoms with Crippen molar-refractivity contribution in [3.63, 3.8) is 0 Å². The third kappa shape index (κ3) is 2.61. The van der Waals surface area contributed by atoms with Gasteiger partial charge in [-0.1, -0.05) is 0 Å². The summed E-state index contributed by atoms with van der Waals surface area (Å²) in [5.74, 6) is -0.0197. The van der Waals surface area contributed by atoms with Gasteiger partial charge < -0.3 is 9.47 Å². The molecule has 1 aliphatic rings. The van der Waals surface area contributed by atoms with Crippen LogP contribution in [0.25, 0.3) is 5.69 Å². The molecule has 1 unspecified atom stereocenters. The lowest BCUT2D eigenvalue weighted by molar-refractivity contribution is 0.0519. The van der Waals surface area contributed by atoms with Crippen molar-refractivity contribution in [1.29, 1.82) is 0 Å². The Morgan fingerprint density at radius 1 is 1.57 bits per heavy atom. The van der Waals surface area contributed by atoms with Gasteiger partial charge in [-0.3, -0.25) is 0 Å². The summed E-state index contributed by atoms with van der Waals surface area (Å²) in [4.78, 5) is 11.8. The van der Waals surface area contributed by atoms with E-state index in [1.165, 1.54) is 10.7 Å². The maximum Gasteiger partial charge on any atom is 0.358 e. The van der Waals surface area contributed by atoms with Gasteiger partial charge in [0.05, 0.1) is 12.3 Å². The first-order chi connectivity index (χ1) is 10.1. The van der Waals surface area contributed by atoms with E-state index in [4.69, 9.17) is 9.47 Å². The molecular weight excluding hydrogens is 390 g/mol. The molecule has 0 saturated carbocycles. The molecule has 1 aromatic carbocycles. The van der Waals surface area contributed by atoms with E-state index in [0.29, 0.717) is 17.1 Å². The number of aromatic nitrogens is 2. The number of esters is 1. The monoisotopic (exact) mass is 402 g/mol. The number of rotatable bonds is 2. The molecule has 1 aromatic heterocycles. The minimum absolute atomic E-state index is 0.0983. The summed E-state index contributed by atoms with van der Waals surface area (Å²) in [6, 6.07) is 6.89. The van der Waals surface area contributed by atoms with Crippen molar-refractivity contribution >= 4 is 28.6 Å². The highest BCUT2D eigenvalue weighted by Gasteiger charge is 2.27. The minimum Gasteiger partial charge on any atom is -0.488 e. The Morgan fingerprint density at radius 2 is 2.38 bits per heavy atom. The fourth-order valence-corrected chi connectivity index (χ4v) is 2.62. The molecule has 110 valence electrons. The number of halogens is 2. The van der Waals surface area contributed by atoms with E-state index in [2.05, 4.69) is 27.7 Å². The van der Waals surface area contributed by atoms with Crippen LogP contribution in [0, 0.1) is 3.57 Å². The van der Waals surface area contributed by atoms with Gasteiger partial charge in [0.15, 0.2) is 11.9 Å². The summed E-state index contributed by atoms with van der Waals surface area (Å²) in [7, 11) is 0. The van der Waals surface area contributed by atoms with Gasteiger partial charge in [-0.05, 0) is 53.8 Å². The Kier molecular flexibility index (Phi) is 3.83. The summed E-state index contributed by atoms with van der Waals surface area (Å²) < 4.78 is 27.0. The van der Waals surface area contributed by atoms with Gasteiger partial charge in [-0.15, -0.1) is 0 Å². The number of hydrogen-bond donors (Lipinski definition) is 0. The zero-order valence-corrected chi connectivity index (χ0v) is 13.3. The lowest BCUT2D eigenvalue weighted by atomic mass is 10.2. The Balaban J connectivity index is 2.14. The average molecular weight is 402 g/mol. The van der Waals surface area contributed by atoms with Crippen molar-refractivity contribution in [1.82, 2.24) is 9.78 Å². The normalized spacial score (nSPS) is 16.4. The lowest BCUT2D eigenvalue weighted by Crippen LogP contribution is -2.07. The maximum atomic E-state index is 14.2. The molecular formula is C14H12FIN2O3. The zero-order chi connectivity index (χ0) is 15.0. The van der Waals surface area contributed by atoms with Gasteiger partial charge in [-0.2, -0.15) is 5.10 Å². The highest BCUT2D eigenvalue weighted by molar-refractivity contribution is 14.1. The number of benzene rings is 1. The van der Waals surface area contributed by atoms with E-state index in [0.717, 1.165) is 3.57 Å². The molecule has 0 amide bonds. The van der Waals surface area contributed by atoms with Crippen molar-refractivity contribution in [3.8, 4) is 11.4 Å². The van der Waals surface area contributed by atoms with Gasteiger partial charge >= 0.3 is 5.97 Å². The second kappa shape index (κ2) is 5.63. The molecule has 1 aliphatic heterocycles. The van der Waals surface area contributed by atoms with Crippen LogP contribution in [0.4, 0.5) is 4.39 Å². The lowest BCUT2D eigenvalue weighted by Gasteiger charge is -2.08. The quantitative estimate of drug-likeness (QED) is 0.573.